The summed E-state index contributed by atoms with van der Waals surface area (Å²) in [4.78, 5) is 12.5. The first kappa shape index (κ1) is 15.0. The van der Waals surface area contributed by atoms with Crippen molar-refractivity contribution < 1.29 is 9.90 Å². The van der Waals surface area contributed by atoms with E-state index in [1.807, 2.05) is 37.2 Å². The first-order valence-electron chi connectivity index (χ1n) is 5.80. The Bertz CT molecular complexity index is 421. The molecule has 0 spiro atoms. The third-order valence-electron chi connectivity index (χ3n) is 2.66. The van der Waals surface area contributed by atoms with Gasteiger partial charge in [-0.15, -0.1) is 0 Å². The predicted octanol–water partition coefficient (Wildman–Crippen LogP) is 2.27. The van der Waals surface area contributed by atoms with Crippen molar-refractivity contribution in [3.63, 3.8) is 0 Å². The van der Waals surface area contributed by atoms with Gasteiger partial charge in [0.15, 0.2) is 0 Å². The summed E-state index contributed by atoms with van der Waals surface area (Å²) < 4.78 is 0. The van der Waals surface area contributed by atoms with Gasteiger partial charge < -0.3 is 15.7 Å². The van der Waals surface area contributed by atoms with Crippen LogP contribution in [0.25, 0.3) is 0 Å². The number of hydrogen-bond donors (Lipinski definition) is 2. The monoisotopic (exact) mass is 270 g/mol. The zero-order valence-corrected chi connectivity index (χ0v) is 11.4. The number of aliphatic carboxylic acids is 1. The summed E-state index contributed by atoms with van der Waals surface area (Å²) in [5, 5.41) is 9.29. The molecule has 3 N–H and O–H groups in total. The Kier molecular flexibility index (Phi) is 5.59. The van der Waals surface area contributed by atoms with Crippen molar-refractivity contribution in [2.75, 3.05) is 14.1 Å². The molecule has 0 amide bonds. The Balaban J connectivity index is 2.73. The van der Waals surface area contributed by atoms with Crippen LogP contribution in [-0.2, 0) is 11.3 Å². The summed E-state index contributed by atoms with van der Waals surface area (Å²) in [6.07, 6.45) is 0.483. The molecule has 0 aliphatic carbocycles. The van der Waals surface area contributed by atoms with Gasteiger partial charge in [-0.3, -0.25) is 4.79 Å². The number of halogens is 1. The van der Waals surface area contributed by atoms with Crippen LogP contribution in [0.2, 0.25) is 5.02 Å². The molecule has 1 aromatic rings. The zero-order chi connectivity index (χ0) is 13.7. The lowest BCUT2D eigenvalue weighted by atomic mass is 10.0. The highest BCUT2D eigenvalue weighted by Gasteiger charge is 2.10. The molecular formula is C13H19ClN2O2. The summed E-state index contributed by atoms with van der Waals surface area (Å²) in [6, 6.07) is 5.40. The van der Waals surface area contributed by atoms with E-state index in [1.54, 1.807) is 0 Å². The third kappa shape index (κ3) is 4.64. The van der Waals surface area contributed by atoms with Crippen LogP contribution in [0.3, 0.4) is 0 Å². The Hall–Kier alpha value is -1.10. The molecule has 0 saturated carbocycles. The fraction of sp³-hybridized carbons (Fsp3) is 0.462. The number of carbonyl (C=O) groups is 1. The average Bonchev–Trinajstić information content (AvgIpc) is 2.28. The number of hydrogen-bond acceptors (Lipinski definition) is 3. The molecule has 0 fully saturated rings. The summed E-state index contributed by atoms with van der Waals surface area (Å²) in [6.45, 7) is 0.767. The van der Waals surface area contributed by atoms with Gasteiger partial charge in [0, 0.05) is 24.0 Å². The molecule has 0 aromatic heterocycles. The van der Waals surface area contributed by atoms with Crippen LogP contribution in [0.5, 0.6) is 0 Å². The largest absolute Gasteiger partial charge is 0.481 e. The molecule has 0 heterocycles. The molecule has 0 bridgehead atoms. The molecule has 100 valence electrons. The number of rotatable bonds is 6. The van der Waals surface area contributed by atoms with Crippen LogP contribution >= 0.6 is 11.6 Å². The molecule has 18 heavy (non-hydrogen) atoms. The van der Waals surface area contributed by atoms with Crippen LogP contribution in [0.4, 0.5) is 0 Å². The quantitative estimate of drug-likeness (QED) is 0.832. The molecule has 4 nitrogen and oxygen atoms in total. The van der Waals surface area contributed by atoms with E-state index in [2.05, 4.69) is 0 Å². The molecule has 1 unspecified atom stereocenters. The fourth-order valence-corrected chi connectivity index (χ4v) is 1.96. The standard InChI is InChI=1S/C13H19ClN2O2/c1-16(2)8-10-4-3-9(7-11(10)14)12(15)5-6-13(17)18/h3-4,7,12H,5-6,8,15H2,1-2H3,(H,17,18). The van der Waals surface area contributed by atoms with Crippen LogP contribution in [0, 0.1) is 0 Å². The second-order valence-corrected chi connectivity index (χ2v) is 5.03. The Morgan fingerprint density at radius 1 is 1.50 bits per heavy atom. The number of carboxylic acid groups (broad SMARTS) is 1. The minimum absolute atomic E-state index is 0.0677. The Morgan fingerprint density at radius 3 is 2.67 bits per heavy atom. The Morgan fingerprint density at radius 2 is 2.17 bits per heavy atom. The topological polar surface area (TPSA) is 66.6 Å². The van der Waals surface area contributed by atoms with Crippen molar-refractivity contribution in [2.24, 2.45) is 5.73 Å². The van der Waals surface area contributed by atoms with Crippen molar-refractivity contribution in [3.8, 4) is 0 Å². The highest BCUT2D eigenvalue weighted by molar-refractivity contribution is 6.31. The van der Waals surface area contributed by atoms with Crippen LogP contribution in [0.1, 0.15) is 30.0 Å². The van der Waals surface area contributed by atoms with E-state index in [9.17, 15) is 4.79 Å². The van der Waals surface area contributed by atoms with Gasteiger partial charge in [-0.25, -0.2) is 0 Å². The minimum atomic E-state index is -0.833. The molecule has 0 saturated heterocycles. The van der Waals surface area contributed by atoms with Crippen molar-refractivity contribution in [2.45, 2.75) is 25.4 Å². The fourth-order valence-electron chi connectivity index (χ4n) is 1.71. The first-order chi connectivity index (χ1) is 8.40. The number of nitrogens with two attached hydrogens (primary N) is 1. The average molecular weight is 271 g/mol. The lowest BCUT2D eigenvalue weighted by molar-refractivity contribution is -0.137. The molecule has 1 aromatic carbocycles. The number of benzene rings is 1. The molecule has 0 radical (unpaired) electrons. The van der Waals surface area contributed by atoms with Gasteiger partial charge in [0.2, 0.25) is 0 Å². The number of nitrogens with zero attached hydrogens (tertiary/aromatic N) is 1. The zero-order valence-electron chi connectivity index (χ0n) is 10.7. The summed E-state index contributed by atoms with van der Waals surface area (Å²) in [5.74, 6) is -0.833. The van der Waals surface area contributed by atoms with E-state index >= 15 is 0 Å². The van der Waals surface area contributed by atoms with Gasteiger partial charge >= 0.3 is 5.97 Å². The first-order valence-corrected chi connectivity index (χ1v) is 6.18. The number of carboxylic acids is 1. The normalized spacial score (nSPS) is 12.7. The van der Waals surface area contributed by atoms with Crippen molar-refractivity contribution in [3.05, 3.63) is 34.3 Å². The molecule has 0 aliphatic rings. The maximum absolute atomic E-state index is 10.5. The SMILES string of the molecule is CN(C)Cc1ccc(C(N)CCC(=O)O)cc1Cl. The predicted molar refractivity (Wildman–Crippen MR) is 72.6 cm³/mol. The molecular weight excluding hydrogens is 252 g/mol. The lowest BCUT2D eigenvalue weighted by Crippen LogP contribution is -2.14. The van der Waals surface area contributed by atoms with Crippen LogP contribution in [0.15, 0.2) is 18.2 Å². The van der Waals surface area contributed by atoms with Crippen molar-refractivity contribution in [1.82, 2.24) is 4.90 Å². The maximum Gasteiger partial charge on any atom is 0.303 e. The van der Waals surface area contributed by atoms with Gasteiger partial charge in [0.05, 0.1) is 0 Å². The highest BCUT2D eigenvalue weighted by Crippen LogP contribution is 2.24. The summed E-state index contributed by atoms with van der Waals surface area (Å²) in [5.41, 5.74) is 7.85. The third-order valence-corrected chi connectivity index (χ3v) is 3.01. The van der Waals surface area contributed by atoms with Crippen LogP contribution < -0.4 is 5.73 Å². The highest BCUT2D eigenvalue weighted by atomic mass is 35.5. The van der Waals surface area contributed by atoms with Gasteiger partial charge in [-0.05, 0) is 37.7 Å². The summed E-state index contributed by atoms with van der Waals surface area (Å²) >= 11 is 6.18. The van der Waals surface area contributed by atoms with E-state index in [4.69, 9.17) is 22.4 Å². The van der Waals surface area contributed by atoms with Gasteiger partial charge in [-0.1, -0.05) is 23.7 Å². The van der Waals surface area contributed by atoms with E-state index in [-0.39, 0.29) is 12.5 Å². The van der Waals surface area contributed by atoms with Gasteiger partial charge in [-0.2, -0.15) is 0 Å². The van der Waals surface area contributed by atoms with E-state index in [0.29, 0.717) is 11.4 Å². The minimum Gasteiger partial charge on any atom is -0.481 e. The van der Waals surface area contributed by atoms with E-state index in [1.165, 1.54) is 0 Å². The molecule has 5 heteroatoms. The van der Waals surface area contributed by atoms with E-state index < -0.39 is 5.97 Å². The van der Waals surface area contributed by atoms with Gasteiger partial charge in [0.1, 0.15) is 0 Å². The van der Waals surface area contributed by atoms with Crippen LogP contribution in [-0.4, -0.2) is 30.1 Å². The molecule has 1 atom stereocenters. The molecule has 1 rings (SSSR count). The van der Waals surface area contributed by atoms with Crippen molar-refractivity contribution >= 4 is 17.6 Å². The lowest BCUT2D eigenvalue weighted by Gasteiger charge is -2.15. The second-order valence-electron chi connectivity index (χ2n) is 4.63. The summed E-state index contributed by atoms with van der Waals surface area (Å²) in [7, 11) is 3.95. The maximum atomic E-state index is 10.5. The Labute approximate surface area is 112 Å². The van der Waals surface area contributed by atoms with Gasteiger partial charge in [0.25, 0.3) is 0 Å². The van der Waals surface area contributed by atoms with Crippen molar-refractivity contribution in [1.29, 1.82) is 0 Å². The smallest absolute Gasteiger partial charge is 0.303 e. The van der Waals surface area contributed by atoms with E-state index in [0.717, 1.165) is 17.7 Å². The molecule has 0 aliphatic heterocycles. The second kappa shape index (κ2) is 6.73.